The summed E-state index contributed by atoms with van der Waals surface area (Å²) in [6, 6.07) is 14.3. The van der Waals surface area contributed by atoms with E-state index in [0.29, 0.717) is 23.0 Å². The lowest BCUT2D eigenvalue weighted by Gasteiger charge is -2.19. The second kappa shape index (κ2) is 8.91. The molecule has 0 aliphatic rings. The summed E-state index contributed by atoms with van der Waals surface area (Å²) in [5.74, 6) is 0.876. The second-order valence-electron chi connectivity index (χ2n) is 6.96. The van der Waals surface area contributed by atoms with Crippen molar-refractivity contribution in [2.75, 3.05) is 13.7 Å². The van der Waals surface area contributed by atoms with Crippen molar-refractivity contribution in [3.05, 3.63) is 70.0 Å². The van der Waals surface area contributed by atoms with Crippen LogP contribution in [0, 0.1) is 0 Å². The molecule has 0 saturated heterocycles. The average Bonchev–Trinajstić information content (AvgIpc) is 2.71. The highest BCUT2D eigenvalue weighted by molar-refractivity contribution is 5.87. The van der Waals surface area contributed by atoms with E-state index in [9.17, 15) is 15.0 Å². The van der Waals surface area contributed by atoms with Gasteiger partial charge in [0.15, 0.2) is 0 Å². The van der Waals surface area contributed by atoms with Gasteiger partial charge < -0.3 is 25.3 Å². The van der Waals surface area contributed by atoms with Gasteiger partial charge in [0.25, 0.3) is 0 Å². The summed E-state index contributed by atoms with van der Waals surface area (Å²) < 4.78 is 5.39. The van der Waals surface area contributed by atoms with E-state index in [1.807, 2.05) is 18.2 Å². The number of fused-ring (bicyclic) bond motifs is 1. The molecule has 0 radical (unpaired) electrons. The molecule has 0 amide bonds. The monoisotopic (exact) mass is 382 g/mol. The second-order valence-corrected chi connectivity index (χ2v) is 6.96. The summed E-state index contributed by atoms with van der Waals surface area (Å²) in [5, 5.41) is 24.6. The van der Waals surface area contributed by atoms with E-state index >= 15 is 0 Å². The maximum atomic E-state index is 11.5. The zero-order valence-corrected chi connectivity index (χ0v) is 16.1. The van der Waals surface area contributed by atoms with Crippen LogP contribution in [0.25, 0.3) is 10.9 Å². The van der Waals surface area contributed by atoms with E-state index in [0.717, 1.165) is 24.2 Å². The molecule has 6 nitrogen and oxygen atoms in total. The Bertz CT molecular complexity index is 999. The number of pyridine rings is 1. The fourth-order valence-corrected chi connectivity index (χ4v) is 3.36. The van der Waals surface area contributed by atoms with Crippen LogP contribution < -0.4 is 15.6 Å². The molecule has 2 aromatic carbocycles. The molecule has 0 spiro atoms. The van der Waals surface area contributed by atoms with E-state index in [1.54, 1.807) is 19.2 Å². The highest BCUT2D eigenvalue weighted by Crippen LogP contribution is 2.28. The predicted molar refractivity (Wildman–Crippen MR) is 110 cm³/mol. The highest BCUT2D eigenvalue weighted by Gasteiger charge is 2.15. The number of nitrogens with one attached hydrogen (secondary N) is 2. The van der Waals surface area contributed by atoms with Crippen LogP contribution in [0.1, 0.15) is 30.6 Å². The topological polar surface area (TPSA) is 94.6 Å². The highest BCUT2D eigenvalue weighted by atomic mass is 16.5. The number of hydrogen-bond donors (Lipinski definition) is 4. The summed E-state index contributed by atoms with van der Waals surface area (Å²) >= 11 is 0. The Morgan fingerprint density at radius 2 is 1.93 bits per heavy atom. The summed E-state index contributed by atoms with van der Waals surface area (Å²) in [4.78, 5) is 14.1. The number of phenolic OH excluding ortho intramolecular Hbond substituents is 1. The number of hydrogen-bond acceptors (Lipinski definition) is 5. The van der Waals surface area contributed by atoms with E-state index in [-0.39, 0.29) is 17.4 Å². The van der Waals surface area contributed by atoms with Crippen molar-refractivity contribution >= 4 is 10.9 Å². The molecule has 148 valence electrons. The Kier molecular flexibility index (Phi) is 6.34. The third kappa shape index (κ3) is 4.52. The Morgan fingerprint density at radius 1 is 1.14 bits per heavy atom. The summed E-state index contributed by atoms with van der Waals surface area (Å²) in [6.45, 7) is 2.45. The Morgan fingerprint density at radius 3 is 2.71 bits per heavy atom. The lowest BCUT2D eigenvalue weighted by molar-refractivity contribution is 0.171. The molecule has 0 unspecified atom stereocenters. The quantitative estimate of drug-likeness (QED) is 0.481. The van der Waals surface area contributed by atoms with Crippen molar-refractivity contribution < 1.29 is 14.9 Å². The molecule has 0 aliphatic heterocycles. The fourth-order valence-electron chi connectivity index (χ4n) is 3.36. The minimum absolute atomic E-state index is 0.0122. The molecule has 2 atom stereocenters. The van der Waals surface area contributed by atoms with Gasteiger partial charge in [-0.25, -0.2) is 0 Å². The zero-order valence-electron chi connectivity index (χ0n) is 16.1. The number of aliphatic hydroxyl groups is 1. The lowest BCUT2D eigenvalue weighted by atomic mass is 10.0. The van der Waals surface area contributed by atoms with Gasteiger partial charge in [0.1, 0.15) is 11.5 Å². The van der Waals surface area contributed by atoms with Gasteiger partial charge in [-0.2, -0.15) is 0 Å². The van der Waals surface area contributed by atoms with Crippen LogP contribution in [0.5, 0.6) is 11.5 Å². The summed E-state index contributed by atoms with van der Waals surface area (Å²) in [7, 11) is 1.67. The van der Waals surface area contributed by atoms with Crippen molar-refractivity contribution in [3.63, 3.8) is 0 Å². The van der Waals surface area contributed by atoms with Crippen LogP contribution in [0.15, 0.2) is 53.3 Å². The van der Waals surface area contributed by atoms with Crippen LogP contribution in [-0.4, -0.2) is 34.9 Å². The number of para-hydroxylation sites is 1. The summed E-state index contributed by atoms with van der Waals surface area (Å²) in [5.41, 5.74) is 1.87. The zero-order chi connectivity index (χ0) is 20.1. The Balaban J connectivity index is 1.62. The SMILES string of the molecule is COc1ccccc1CC[C@@H](C)NC[C@H](O)c1ccc(O)c2[nH]c(=O)ccc12. The van der Waals surface area contributed by atoms with Crippen LogP contribution in [0.3, 0.4) is 0 Å². The van der Waals surface area contributed by atoms with Gasteiger partial charge >= 0.3 is 0 Å². The average molecular weight is 382 g/mol. The smallest absolute Gasteiger partial charge is 0.248 e. The first-order valence-electron chi connectivity index (χ1n) is 9.38. The molecule has 3 aromatic rings. The first-order valence-corrected chi connectivity index (χ1v) is 9.38. The van der Waals surface area contributed by atoms with Gasteiger partial charge in [-0.15, -0.1) is 0 Å². The van der Waals surface area contributed by atoms with E-state index in [1.165, 1.54) is 12.1 Å². The van der Waals surface area contributed by atoms with Crippen molar-refractivity contribution in [1.29, 1.82) is 0 Å². The number of aromatic hydroxyl groups is 1. The van der Waals surface area contributed by atoms with Gasteiger partial charge in [-0.3, -0.25) is 4.79 Å². The summed E-state index contributed by atoms with van der Waals surface area (Å²) in [6.07, 6.45) is 1.01. The maximum absolute atomic E-state index is 11.5. The predicted octanol–water partition coefficient (Wildman–Crippen LogP) is 2.89. The van der Waals surface area contributed by atoms with Crippen LogP contribution in [-0.2, 0) is 6.42 Å². The van der Waals surface area contributed by atoms with E-state index in [2.05, 4.69) is 23.3 Å². The number of aromatic nitrogens is 1. The van der Waals surface area contributed by atoms with Gasteiger partial charge in [0, 0.05) is 24.0 Å². The molecule has 4 N–H and O–H groups in total. The minimum atomic E-state index is -0.761. The van der Waals surface area contributed by atoms with Gasteiger partial charge in [0.05, 0.1) is 18.7 Å². The molecule has 0 bridgehead atoms. The maximum Gasteiger partial charge on any atom is 0.248 e. The van der Waals surface area contributed by atoms with E-state index < -0.39 is 6.10 Å². The number of aromatic amines is 1. The number of ether oxygens (including phenoxy) is 1. The fraction of sp³-hybridized carbons (Fsp3) is 0.318. The van der Waals surface area contributed by atoms with Crippen LogP contribution in [0.2, 0.25) is 0 Å². The minimum Gasteiger partial charge on any atom is -0.506 e. The normalized spacial score (nSPS) is 13.4. The molecule has 6 heteroatoms. The van der Waals surface area contributed by atoms with Crippen molar-refractivity contribution in [1.82, 2.24) is 10.3 Å². The third-order valence-corrected chi connectivity index (χ3v) is 4.96. The molecule has 28 heavy (non-hydrogen) atoms. The number of rotatable bonds is 8. The molecule has 1 heterocycles. The molecular formula is C22H26N2O4. The largest absolute Gasteiger partial charge is 0.506 e. The Labute approximate surface area is 163 Å². The van der Waals surface area contributed by atoms with Gasteiger partial charge in [0.2, 0.25) is 5.56 Å². The van der Waals surface area contributed by atoms with Crippen molar-refractivity contribution in [3.8, 4) is 11.5 Å². The first kappa shape index (κ1) is 19.9. The van der Waals surface area contributed by atoms with Gasteiger partial charge in [-0.1, -0.05) is 24.3 Å². The van der Waals surface area contributed by atoms with Crippen LogP contribution in [0.4, 0.5) is 0 Å². The van der Waals surface area contributed by atoms with Gasteiger partial charge in [-0.05, 0) is 49.1 Å². The molecule has 0 saturated carbocycles. The number of methoxy groups -OCH3 is 1. The van der Waals surface area contributed by atoms with E-state index in [4.69, 9.17) is 4.74 Å². The molecule has 0 fully saturated rings. The van der Waals surface area contributed by atoms with Crippen molar-refractivity contribution in [2.24, 2.45) is 0 Å². The standard InChI is InChI=1S/C22H26N2O4/c1-14(7-8-15-5-3-4-6-20(15)28-2)23-13-19(26)16-9-11-18(25)22-17(16)10-12-21(27)24-22/h3-6,9-12,14,19,23,25-26H,7-8,13H2,1-2H3,(H,24,27)/t14-,19+/m1/s1. The molecule has 1 aromatic heterocycles. The molecule has 3 rings (SSSR count). The number of aliphatic hydroxyl groups excluding tert-OH is 1. The first-order chi connectivity index (χ1) is 13.5. The van der Waals surface area contributed by atoms with Crippen molar-refractivity contribution in [2.45, 2.75) is 31.9 Å². The molecule has 0 aliphatic carbocycles. The number of aryl methyl sites for hydroxylation is 1. The lowest BCUT2D eigenvalue weighted by Crippen LogP contribution is -2.31. The Hall–Kier alpha value is -2.83. The molecular weight excluding hydrogens is 356 g/mol. The number of benzene rings is 2. The third-order valence-electron chi connectivity index (χ3n) is 4.96. The number of H-pyrrole nitrogens is 1. The number of phenols is 1. The van der Waals surface area contributed by atoms with Crippen LogP contribution >= 0.6 is 0 Å².